The summed E-state index contributed by atoms with van der Waals surface area (Å²) in [6.45, 7) is 6.86. The molecular weight excluding hydrogens is 520 g/mol. The van der Waals surface area contributed by atoms with Gasteiger partial charge in [0, 0.05) is 16.4 Å². The van der Waals surface area contributed by atoms with E-state index in [4.69, 9.17) is 21.1 Å². The second-order valence-corrected chi connectivity index (χ2v) is 11.0. The van der Waals surface area contributed by atoms with Crippen LogP contribution in [0, 0.1) is 5.92 Å². The summed E-state index contributed by atoms with van der Waals surface area (Å²) in [4.78, 5) is 26.8. The highest BCUT2D eigenvalue weighted by Crippen LogP contribution is 2.40. The zero-order valence-corrected chi connectivity index (χ0v) is 23.1. The minimum atomic E-state index is -0.377. The monoisotopic (exact) mass is 548 g/mol. The molecule has 1 N–H and O–H groups in total. The topological polar surface area (TPSA) is 95.3 Å². The number of rotatable bonds is 9. The summed E-state index contributed by atoms with van der Waals surface area (Å²) in [5, 5.41) is 13.3. The molecule has 192 valence electrons. The first-order chi connectivity index (χ1) is 17.4. The number of amides is 1. The number of hydrogen-bond donors (Lipinski definition) is 1. The van der Waals surface area contributed by atoms with Crippen molar-refractivity contribution in [1.82, 2.24) is 14.8 Å². The van der Waals surface area contributed by atoms with Crippen molar-refractivity contribution < 1.29 is 19.1 Å². The number of ether oxygens (including phenoxy) is 2. The Bertz CT molecular complexity index is 1270. The molecule has 1 aliphatic rings. The zero-order valence-electron chi connectivity index (χ0n) is 20.7. The van der Waals surface area contributed by atoms with Crippen LogP contribution in [-0.4, -0.2) is 46.1 Å². The molecule has 0 saturated carbocycles. The van der Waals surface area contributed by atoms with E-state index in [1.54, 1.807) is 32.2 Å². The van der Waals surface area contributed by atoms with Crippen LogP contribution in [0.5, 0.6) is 5.75 Å². The van der Waals surface area contributed by atoms with E-state index in [-0.39, 0.29) is 24.2 Å². The van der Waals surface area contributed by atoms with Gasteiger partial charge in [0.1, 0.15) is 10.8 Å². The third kappa shape index (κ3) is 5.55. The molecule has 4 rings (SSSR count). The number of nitrogens with one attached hydrogen (secondary N) is 1. The average Bonchev–Trinajstić information content (AvgIpc) is 3.42. The number of thioether (sulfide) groups is 1. The highest BCUT2D eigenvalue weighted by atomic mass is 35.5. The molecule has 2 aromatic heterocycles. The van der Waals surface area contributed by atoms with E-state index < -0.39 is 0 Å². The van der Waals surface area contributed by atoms with Crippen LogP contribution < -0.4 is 10.1 Å². The van der Waals surface area contributed by atoms with Crippen molar-refractivity contribution >= 4 is 51.6 Å². The fraction of sp³-hybridized carbons (Fsp3) is 0.440. The number of benzene rings is 1. The third-order valence-corrected chi connectivity index (χ3v) is 8.38. The van der Waals surface area contributed by atoms with Crippen LogP contribution in [0.4, 0.5) is 5.00 Å². The minimum absolute atomic E-state index is 0.117. The van der Waals surface area contributed by atoms with E-state index in [1.807, 2.05) is 11.5 Å². The second-order valence-electron chi connectivity index (χ2n) is 8.51. The third-order valence-electron chi connectivity index (χ3n) is 6.01. The molecule has 0 aliphatic heterocycles. The summed E-state index contributed by atoms with van der Waals surface area (Å²) in [5.74, 6) is 1.33. The Morgan fingerprint density at radius 2 is 2.11 bits per heavy atom. The molecule has 0 spiro atoms. The van der Waals surface area contributed by atoms with Crippen molar-refractivity contribution in [3.8, 4) is 17.1 Å². The maximum Gasteiger partial charge on any atom is 0.341 e. The van der Waals surface area contributed by atoms with Gasteiger partial charge < -0.3 is 19.4 Å². The van der Waals surface area contributed by atoms with Gasteiger partial charge in [-0.1, -0.05) is 30.3 Å². The van der Waals surface area contributed by atoms with Crippen molar-refractivity contribution in [3.05, 3.63) is 39.2 Å². The quantitative estimate of drug-likeness (QED) is 0.270. The number of esters is 1. The molecular formula is C25H29ClN4O4S2. The Hall–Kier alpha value is -2.56. The number of anilines is 1. The van der Waals surface area contributed by atoms with Gasteiger partial charge in [0.25, 0.3) is 0 Å². The predicted molar refractivity (Wildman–Crippen MR) is 144 cm³/mol. The Morgan fingerprint density at radius 1 is 1.31 bits per heavy atom. The summed E-state index contributed by atoms with van der Waals surface area (Å²) in [6.07, 6.45) is 2.75. The van der Waals surface area contributed by atoms with E-state index in [0.29, 0.717) is 44.8 Å². The second kappa shape index (κ2) is 11.7. The predicted octanol–water partition coefficient (Wildman–Crippen LogP) is 5.72. The summed E-state index contributed by atoms with van der Waals surface area (Å²) >= 11 is 8.97. The van der Waals surface area contributed by atoms with Crippen LogP contribution in [0.2, 0.25) is 5.02 Å². The summed E-state index contributed by atoms with van der Waals surface area (Å²) in [6, 6.07) is 5.33. The SMILES string of the molecule is CCOC(=O)c1c(NC(=O)CSc2nnc(-c3cc(Cl)ccc3OC)n2CC)sc2c1CCC(C)C2. The molecule has 36 heavy (non-hydrogen) atoms. The molecule has 1 atom stereocenters. The number of methoxy groups -OCH3 is 1. The number of nitrogens with zero attached hydrogens (tertiary/aromatic N) is 3. The number of halogens is 1. The summed E-state index contributed by atoms with van der Waals surface area (Å²) in [7, 11) is 1.59. The first-order valence-corrected chi connectivity index (χ1v) is 14.1. The molecule has 1 aromatic carbocycles. The lowest BCUT2D eigenvalue weighted by Gasteiger charge is -2.18. The van der Waals surface area contributed by atoms with Gasteiger partial charge in [-0.05, 0) is 62.8 Å². The molecule has 2 heterocycles. The first kappa shape index (κ1) is 26.5. The van der Waals surface area contributed by atoms with Gasteiger partial charge in [0.2, 0.25) is 5.91 Å². The molecule has 0 radical (unpaired) electrons. The van der Waals surface area contributed by atoms with Crippen LogP contribution in [0.3, 0.4) is 0 Å². The van der Waals surface area contributed by atoms with Crippen molar-refractivity contribution in [3.63, 3.8) is 0 Å². The normalized spacial score (nSPS) is 14.9. The van der Waals surface area contributed by atoms with E-state index in [0.717, 1.165) is 35.3 Å². The number of carbonyl (C=O) groups is 2. The van der Waals surface area contributed by atoms with Crippen LogP contribution in [-0.2, 0) is 28.9 Å². The van der Waals surface area contributed by atoms with Crippen molar-refractivity contribution in [1.29, 1.82) is 0 Å². The zero-order chi connectivity index (χ0) is 25.8. The van der Waals surface area contributed by atoms with Gasteiger partial charge in [-0.2, -0.15) is 0 Å². The smallest absolute Gasteiger partial charge is 0.341 e. The Balaban J connectivity index is 1.52. The van der Waals surface area contributed by atoms with Crippen LogP contribution in [0.25, 0.3) is 11.4 Å². The first-order valence-electron chi connectivity index (χ1n) is 11.9. The fourth-order valence-electron chi connectivity index (χ4n) is 4.29. The van der Waals surface area contributed by atoms with E-state index in [9.17, 15) is 9.59 Å². The Kier molecular flexibility index (Phi) is 8.58. The van der Waals surface area contributed by atoms with Crippen molar-refractivity contribution in [2.75, 3.05) is 24.8 Å². The lowest BCUT2D eigenvalue weighted by molar-refractivity contribution is -0.113. The average molecular weight is 549 g/mol. The van der Waals surface area contributed by atoms with E-state index in [1.165, 1.54) is 23.1 Å². The fourth-order valence-corrected chi connectivity index (χ4v) is 6.68. The van der Waals surface area contributed by atoms with E-state index in [2.05, 4.69) is 22.4 Å². The van der Waals surface area contributed by atoms with Crippen LogP contribution >= 0.6 is 34.7 Å². The van der Waals surface area contributed by atoms with Gasteiger partial charge >= 0.3 is 5.97 Å². The number of aromatic nitrogens is 3. The molecule has 11 heteroatoms. The molecule has 0 saturated heterocycles. The minimum Gasteiger partial charge on any atom is -0.496 e. The van der Waals surface area contributed by atoms with Gasteiger partial charge in [-0.3, -0.25) is 4.79 Å². The van der Waals surface area contributed by atoms with Gasteiger partial charge in [0.15, 0.2) is 11.0 Å². The lowest BCUT2D eigenvalue weighted by atomic mass is 9.88. The molecule has 3 aromatic rings. The van der Waals surface area contributed by atoms with Gasteiger partial charge in [-0.25, -0.2) is 4.79 Å². The maximum absolute atomic E-state index is 12.9. The standard InChI is InChI=1S/C25H29ClN4O4S2/c1-5-30-22(17-12-15(26)8-10-18(17)33-4)28-29-25(30)35-13-20(31)27-23-21(24(32)34-6-2)16-9-7-14(3)11-19(16)36-23/h8,10,12,14H,5-7,9,11,13H2,1-4H3,(H,27,31). The number of thiophene rings is 1. The van der Waals surface area contributed by atoms with Gasteiger partial charge in [-0.15, -0.1) is 21.5 Å². The molecule has 1 unspecified atom stereocenters. The summed E-state index contributed by atoms with van der Waals surface area (Å²) in [5.41, 5.74) is 2.26. The van der Waals surface area contributed by atoms with Crippen LogP contribution in [0.1, 0.15) is 48.0 Å². The Morgan fingerprint density at radius 3 is 2.83 bits per heavy atom. The molecule has 1 aliphatic carbocycles. The maximum atomic E-state index is 12.9. The van der Waals surface area contributed by atoms with E-state index >= 15 is 0 Å². The van der Waals surface area contributed by atoms with Crippen molar-refractivity contribution in [2.45, 2.75) is 51.7 Å². The largest absolute Gasteiger partial charge is 0.496 e. The highest BCUT2D eigenvalue weighted by Gasteiger charge is 2.29. The molecule has 8 nitrogen and oxygen atoms in total. The van der Waals surface area contributed by atoms with Crippen LogP contribution in [0.15, 0.2) is 23.4 Å². The molecule has 0 fully saturated rings. The highest BCUT2D eigenvalue weighted by molar-refractivity contribution is 7.99. The number of hydrogen-bond acceptors (Lipinski definition) is 8. The lowest BCUT2D eigenvalue weighted by Crippen LogP contribution is -2.18. The summed E-state index contributed by atoms with van der Waals surface area (Å²) < 4.78 is 12.7. The van der Waals surface area contributed by atoms with Gasteiger partial charge in [0.05, 0.1) is 30.6 Å². The number of fused-ring (bicyclic) bond motifs is 1. The van der Waals surface area contributed by atoms with Crippen molar-refractivity contribution in [2.24, 2.45) is 5.92 Å². The number of carbonyl (C=O) groups excluding carboxylic acids is 2. The Labute approximate surface area is 223 Å². The molecule has 1 amide bonds. The molecule has 0 bridgehead atoms.